The second-order valence-electron chi connectivity index (χ2n) is 4.29. The minimum absolute atomic E-state index is 0.0359. The van der Waals surface area contributed by atoms with Crippen molar-refractivity contribution in [3.05, 3.63) is 0 Å². The van der Waals surface area contributed by atoms with Crippen LogP contribution in [0.1, 0.15) is 58.8 Å². The number of carbonyl (C=O) groups is 2. The Balaban J connectivity index is 0.000000318. The highest BCUT2D eigenvalue weighted by Gasteiger charge is 2.13. The Bertz CT molecular complexity index is 211. The molecule has 1 saturated heterocycles. The SMILES string of the molecule is CCCC(CCC)C(=O)O.O=C1CCCCO1. The van der Waals surface area contributed by atoms with Gasteiger partial charge >= 0.3 is 11.9 Å². The number of ether oxygens (including phenoxy) is 1. The Morgan fingerprint density at radius 2 is 1.88 bits per heavy atom. The molecule has 1 N–H and O–H groups in total. The van der Waals surface area contributed by atoms with Crippen LogP contribution in [0.3, 0.4) is 0 Å². The van der Waals surface area contributed by atoms with Gasteiger partial charge in [-0.2, -0.15) is 0 Å². The molecule has 0 radical (unpaired) electrons. The lowest BCUT2D eigenvalue weighted by molar-refractivity contribution is -0.146. The highest BCUT2D eigenvalue weighted by molar-refractivity contribution is 5.70. The third-order valence-corrected chi connectivity index (χ3v) is 2.66. The number of rotatable bonds is 5. The largest absolute Gasteiger partial charge is 0.481 e. The number of carboxylic acid groups (broad SMARTS) is 1. The van der Waals surface area contributed by atoms with Crippen molar-refractivity contribution in [2.45, 2.75) is 58.8 Å². The van der Waals surface area contributed by atoms with Crippen molar-refractivity contribution in [2.75, 3.05) is 6.61 Å². The molecule has 1 aliphatic rings. The molecule has 0 spiro atoms. The summed E-state index contributed by atoms with van der Waals surface area (Å²) < 4.78 is 4.64. The van der Waals surface area contributed by atoms with Crippen LogP contribution >= 0.6 is 0 Å². The van der Waals surface area contributed by atoms with Gasteiger partial charge in [-0.15, -0.1) is 0 Å². The van der Waals surface area contributed by atoms with Crippen molar-refractivity contribution in [3.63, 3.8) is 0 Å². The topological polar surface area (TPSA) is 63.6 Å². The summed E-state index contributed by atoms with van der Waals surface area (Å²) in [5.41, 5.74) is 0. The van der Waals surface area contributed by atoms with Crippen molar-refractivity contribution >= 4 is 11.9 Å². The van der Waals surface area contributed by atoms with E-state index in [9.17, 15) is 9.59 Å². The van der Waals surface area contributed by atoms with Gasteiger partial charge in [0.2, 0.25) is 0 Å². The van der Waals surface area contributed by atoms with E-state index >= 15 is 0 Å². The smallest absolute Gasteiger partial charge is 0.306 e. The fourth-order valence-corrected chi connectivity index (χ4v) is 1.72. The summed E-state index contributed by atoms with van der Waals surface area (Å²) in [6.45, 7) is 4.68. The molecule has 4 nitrogen and oxygen atoms in total. The van der Waals surface area contributed by atoms with Crippen LogP contribution in [0.4, 0.5) is 0 Å². The van der Waals surface area contributed by atoms with Crippen molar-refractivity contribution in [1.82, 2.24) is 0 Å². The molecule has 0 amide bonds. The van der Waals surface area contributed by atoms with Crippen LogP contribution in [0.15, 0.2) is 0 Å². The van der Waals surface area contributed by atoms with Crippen LogP contribution in [0.25, 0.3) is 0 Å². The molecule has 17 heavy (non-hydrogen) atoms. The van der Waals surface area contributed by atoms with Gasteiger partial charge < -0.3 is 9.84 Å². The summed E-state index contributed by atoms with van der Waals surface area (Å²) in [6, 6.07) is 0. The van der Waals surface area contributed by atoms with E-state index in [1.807, 2.05) is 13.8 Å². The number of carbonyl (C=O) groups excluding carboxylic acids is 1. The molecule has 1 aliphatic heterocycles. The maximum atomic E-state index is 10.5. The zero-order valence-electron chi connectivity index (χ0n) is 10.9. The summed E-state index contributed by atoms with van der Waals surface area (Å²) in [4.78, 5) is 20.7. The van der Waals surface area contributed by atoms with E-state index in [2.05, 4.69) is 4.74 Å². The van der Waals surface area contributed by atoms with E-state index in [1.165, 1.54) is 0 Å². The number of cyclic esters (lactones) is 1. The van der Waals surface area contributed by atoms with E-state index in [1.54, 1.807) is 0 Å². The predicted octanol–water partition coefficient (Wildman–Crippen LogP) is 3.00. The molecule has 1 fully saturated rings. The molecule has 0 aromatic rings. The summed E-state index contributed by atoms with van der Waals surface area (Å²) in [7, 11) is 0. The average Bonchev–Trinajstić information content (AvgIpc) is 2.30. The quantitative estimate of drug-likeness (QED) is 0.755. The Morgan fingerprint density at radius 3 is 2.12 bits per heavy atom. The molecule has 0 aromatic heterocycles. The Labute approximate surface area is 103 Å². The van der Waals surface area contributed by atoms with Gasteiger partial charge in [0.25, 0.3) is 0 Å². The lowest BCUT2D eigenvalue weighted by atomic mass is 9.99. The lowest BCUT2D eigenvalue weighted by Crippen LogP contribution is -2.12. The molecule has 0 unspecified atom stereocenters. The Morgan fingerprint density at radius 1 is 1.29 bits per heavy atom. The summed E-state index contributed by atoms with van der Waals surface area (Å²) in [5, 5.41) is 8.64. The second kappa shape index (κ2) is 10.1. The third kappa shape index (κ3) is 8.72. The van der Waals surface area contributed by atoms with E-state index in [-0.39, 0.29) is 11.9 Å². The van der Waals surface area contributed by atoms with Crippen molar-refractivity contribution in [1.29, 1.82) is 0 Å². The first-order valence-electron chi connectivity index (χ1n) is 6.50. The van der Waals surface area contributed by atoms with Gasteiger partial charge in [0, 0.05) is 6.42 Å². The van der Waals surface area contributed by atoms with Gasteiger partial charge in [0.1, 0.15) is 0 Å². The van der Waals surface area contributed by atoms with Crippen LogP contribution in [0.2, 0.25) is 0 Å². The fraction of sp³-hybridized carbons (Fsp3) is 0.846. The van der Waals surface area contributed by atoms with Crippen molar-refractivity contribution < 1.29 is 19.4 Å². The molecule has 0 aliphatic carbocycles. The summed E-state index contributed by atoms with van der Waals surface area (Å²) in [6.07, 6.45) is 6.27. The minimum Gasteiger partial charge on any atom is -0.481 e. The van der Waals surface area contributed by atoms with E-state index in [0.29, 0.717) is 13.0 Å². The standard InChI is InChI=1S/C8H16O2.C5H8O2/c1-3-5-7(6-4-2)8(9)10;6-5-3-1-2-4-7-5/h7H,3-6H2,1-2H3,(H,9,10);1-4H2. The van der Waals surface area contributed by atoms with Crippen LogP contribution < -0.4 is 0 Å². The lowest BCUT2D eigenvalue weighted by Gasteiger charge is -2.08. The Kier molecular flexibility index (Phi) is 9.49. The van der Waals surface area contributed by atoms with E-state index in [4.69, 9.17) is 5.11 Å². The molecule has 0 saturated carbocycles. The Hall–Kier alpha value is -1.06. The molecule has 1 heterocycles. The first-order chi connectivity index (χ1) is 8.11. The third-order valence-electron chi connectivity index (χ3n) is 2.66. The van der Waals surface area contributed by atoms with Crippen molar-refractivity contribution in [2.24, 2.45) is 5.92 Å². The predicted molar refractivity (Wildman–Crippen MR) is 65.8 cm³/mol. The highest BCUT2D eigenvalue weighted by atomic mass is 16.5. The maximum Gasteiger partial charge on any atom is 0.306 e. The van der Waals surface area contributed by atoms with Crippen LogP contribution in [-0.2, 0) is 14.3 Å². The average molecular weight is 244 g/mol. The normalized spacial score (nSPS) is 14.9. The zero-order valence-corrected chi connectivity index (χ0v) is 10.9. The molecule has 1 rings (SSSR count). The first-order valence-corrected chi connectivity index (χ1v) is 6.50. The van der Waals surface area contributed by atoms with Gasteiger partial charge in [0.05, 0.1) is 12.5 Å². The number of hydrogen-bond acceptors (Lipinski definition) is 3. The molecule has 100 valence electrons. The van der Waals surface area contributed by atoms with Crippen LogP contribution in [0.5, 0.6) is 0 Å². The van der Waals surface area contributed by atoms with Gasteiger partial charge in [-0.05, 0) is 25.7 Å². The van der Waals surface area contributed by atoms with Crippen LogP contribution in [-0.4, -0.2) is 23.7 Å². The summed E-state index contributed by atoms with van der Waals surface area (Å²) in [5.74, 6) is -0.773. The molecule has 0 bridgehead atoms. The number of esters is 1. The highest BCUT2D eigenvalue weighted by Crippen LogP contribution is 2.12. The molecular formula is C13H24O4. The zero-order chi connectivity index (χ0) is 13.1. The second-order valence-corrected chi connectivity index (χ2v) is 4.29. The molecule has 0 atom stereocenters. The number of carboxylic acids is 1. The number of aliphatic carboxylic acids is 1. The minimum atomic E-state index is -0.635. The van der Waals surface area contributed by atoms with E-state index in [0.717, 1.165) is 38.5 Å². The summed E-state index contributed by atoms with van der Waals surface area (Å²) >= 11 is 0. The maximum absolute atomic E-state index is 10.5. The molecule has 0 aromatic carbocycles. The van der Waals surface area contributed by atoms with E-state index < -0.39 is 5.97 Å². The van der Waals surface area contributed by atoms with Gasteiger partial charge in [0.15, 0.2) is 0 Å². The van der Waals surface area contributed by atoms with Gasteiger partial charge in [-0.25, -0.2) is 0 Å². The molecular weight excluding hydrogens is 220 g/mol. The number of hydrogen-bond donors (Lipinski definition) is 1. The van der Waals surface area contributed by atoms with Crippen LogP contribution in [0, 0.1) is 5.92 Å². The van der Waals surface area contributed by atoms with Gasteiger partial charge in [-0.1, -0.05) is 26.7 Å². The molecule has 4 heteroatoms. The van der Waals surface area contributed by atoms with Gasteiger partial charge in [-0.3, -0.25) is 9.59 Å². The first kappa shape index (κ1) is 15.9. The van der Waals surface area contributed by atoms with Crippen molar-refractivity contribution in [3.8, 4) is 0 Å². The fourth-order valence-electron chi connectivity index (χ4n) is 1.72. The monoisotopic (exact) mass is 244 g/mol.